The number of hydrogen-bond acceptors (Lipinski definition) is 4. The van der Waals surface area contributed by atoms with Crippen LogP contribution in [0.2, 0.25) is 0 Å². The summed E-state index contributed by atoms with van der Waals surface area (Å²) in [5.41, 5.74) is 2.39. The summed E-state index contributed by atoms with van der Waals surface area (Å²) < 4.78 is 5.67. The molecule has 0 aliphatic rings. The van der Waals surface area contributed by atoms with Gasteiger partial charge >= 0.3 is 6.01 Å². The zero-order valence-corrected chi connectivity index (χ0v) is 10.7. The SMILES string of the molecule is [B]c1ccc(N(N)c2ncc(-c3ccccc3)o2)cc1. The highest BCUT2D eigenvalue weighted by molar-refractivity contribution is 6.32. The molecule has 0 bridgehead atoms. The Labute approximate surface area is 118 Å². The van der Waals surface area contributed by atoms with Crippen LogP contribution in [-0.2, 0) is 0 Å². The molecule has 3 rings (SSSR count). The molecule has 1 heterocycles. The molecule has 20 heavy (non-hydrogen) atoms. The second-order valence-corrected chi connectivity index (χ2v) is 4.33. The Morgan fingerprint density at radius 2 is 1.70 bits per heavy atom. The van der Waals surface area contributed by atoms with E-state index in [1.807, 2.05) is 42.5 Å². The van der Waals surface area contributed by atoms with E-state index in [2.05, 4.69) is 4.98 Å². The second-order valence-electron chi connectivity index (χ2n) is 4.33. The molecule has 5 heteroatoms. The molecular weight excluding hydrogens is 249 g/mol. The van der Waals surface area contributed by atoms with Crippen molar-refractivity contribution in [2.75, 3.05) is 5.01 Å². The molecule has 2 radical (unpaired) electrons. The summed E-state index contributed by atoms with van der Waals surface area (Å²) in [7, 11) is 5.65. The quantitative estimate of drug-likeness (QED) is 0.446. The number of nitrogens with two attached hydrogens (primary N) is 1. The van der Waals surface area contributed by atoms with Gasteiger partial charge in [0.25, 0.3) is 0 Å². The zero-order valence-electron chi connectivity index (χ0n) is 10.7. The topological polar surface area (TPSA) is 55.3 Å². The first-order valence-corrected chi connectivity index (χ1v) is 6.15. The van der Waals surface area contributed by atoms with Crippen molar-refractivity contribution in [2.45, 2.75) is 0 Å². The Bertz CT molecular complexity index is 695. The van der Waals surface area contributed by atoms with Crippen LogP contribution in [0.3, 0.4) is 0 Å². The highest BCUT2D eigenvalue weighted by Crippen LogP contribution is 2.26. The summed E-state index contributed by atoms with van der Waals surface area (Å²) in [6.45, 7) is 0. The highest BCUT2D eigenvalue weighted by Gasteiger charge is 2.12. The molecule has 2 N–H and O–H groups in total. The van der Waals surface area contributed by atoms with E-state index in [9.17, 15) is 0 Å². The molecular formula is C15H12BN3O. The Morgan fingerprint density at radius 3 is 2.40 bits per heavy atom. The first-order chi connectivity index (χ1) is 9.74. The monoisotopic (exact) mass is 261 g/mol. The number of anilines is 2. The maximum atomic E-state index is 5.99. The van der Waals surface area contributed by atoms with Gasteiger partial charge in [-0.25, -0.2) is 10.9 Å². The van der Waals surface area contributed by atoms with E-state index in [0.29, 0.717) is 17.2 Å². The predicted molar refractivity (Wildman–Crippen MR) is 80.1 cm³/mol. The van der Waals surface area contributed by atoms with Gasteiger partial charge < -0.3 is 4.42 Å². The molecule has 0 amide bonds. The minimum absolute atomic E-state index is 0.327. The molecule has 0 fully saturated rings. The minimum Gasteiger partial charge on any atom is -0.422 e. The Morgan fingerprint density at radius 1 is 1.00 bits per heavy atom. The van der Waals surface area contributed by atoms with Crippen LogP contribution in [-0.4, -0.2) is 12.8 Å². The van der Waals surface area contributed by atoms with Crippen LogP contribution in [0, 0.1) is 0 Å². The number of rotatable bonds is 3. The van der Waals surface area contributed by atoms with Crippen LogP contribution < -0.4 is 16.3 Å². The Hall–Kier alpha value is -2.53. The summed E-state index contributed by atoms with van der Waals surface area (Å²) in [5, 5.41) is 1.38. The van der Waals surface area contributed by atoms with Crippen LogP contribution in [0.4, 0.5) is 11.7 Å². The first-order valence-electron chi connectivity index (χ1n) is 6.15. The van der Waals surface area contributed by atoms with E-state index in [4.69, 9.17) is 18.1 Å². The van der Waals surface area contributed by atoms with Gasteiger partial charge in [0.2, 0.25) is 0 Å². The van der Waals surface area contributed by atoms with Crippen molar-refractivity contribution in [3.8, 4) is 11.3 Å². The fourth-order valence-electron chi connectivity index (χ4n) is 1.86. The van der Waals surface area contributed by atoms with Crippen LogP contribution in [0.25, 0.3) is 11.3 Å². The van der Waals surface area contributed by atoms with Gasteiger partial charge in [0.05, 0.1) is 11.9 Å². The molecule has 0 atom stereocenters. The van der Waals surface area contributed by atoms with Gasteiger partial charge in [0.1, 0.15) is 7.85 Å². The van der Waals surface area contributed by atoms with Crippen LogP contribution in [0.1, 0.15) is 0 Å². The molecule has 0 unspecified atom stereocenters. The third kappa shape index (κ3) is 2.44. The Kier molecular flexibility index (Phi) is 3.27. The lowest BCUT2D eigenvalue weighted by atomic mass is 9.96. The van der Waals surface area contributed by atoms with Crippen LogP contribution >= 0.6 is 0 Å². The van der Waals surface area contributed by atoms with Gasteiger partial charge in [-0.2, -0.15) is 4.98 Å². The standard InChI is InChI=1S/C15H12BN3O/c16-12-6-8-13(9-7-12)19(17)15-18-10-14(20-15)11-4-2-1-3-5-11/h1-10H,17H2. The van der Waals surface area contributed by atoms with Crippen molar-refractivity contribution < 1.29 is 4.42 Å². The van der Waals surface area contributed by atoms with Crippen molar-refractivity contribution in [3.05, 3.63) is 60.8 Å². The summed E-state index contributed by atoms with van der Waals surface area (Å²) >= 11 is 0. The minimum atomic E-state index is 0.327. The lowest BCUT2D eigenvalue weighted by Crippen LogP contribution is -2.25. The van der Waals surface area contributed by atoms with Crippen molar-refractivity contribution in [1.82, 2.24) is 4.98 Å². The fraction of sp³-hybridized carbons (Fsp3) is 0. The van der Waals surface area contributed by atoms with E-state index >= 15 is 0 Å². The molecule has 2 aromatic carbocycles. The van der Waals surface area contributed by atoms with Crippen LogP contribution in [0.5, 0.6) is 0 Å². The lowest BCUT2D eigenvalue weighted by molar-refractivity contribution is 0.568. The summed E-state index contributed by atoms with van der Waals surface area (Å²) in [4.78, 5) is 4.19. The maximum Gasteiger partial charge on any atom is 0.317 e. The molecule has 0 aliphatic heterocycles. The predicted octanol–water partition coefficient (Wildman–Crippen LogP) is 2.15. The van der Waals surface area contributed by atoms with Crippen molar-refractivity contribution in [2.24, 2.45) is 5.84 Å². The summed E-state index contributed by atoms with van der Waals surface area (Å²) in [6, 6.07) is 17.2. The smallest absolute Gasteiger partial charge is 0.317 e. The van der Waals surface area contributed by atoms with E-state index in [1.165, 1.54) is 5.01 Å². The molecule has 0 aliphatic carbocycles. The molecule has 0 saturated carbocycles. The molecule has 1 aromatic heterocycles. The van der Waals surface area contributed by atoms with E-state index in [-0.39, 0.29) is 0 Å². The summed E-state index contributed by atoms with van der Waals surface area (Å²) in [5.74, 6) is 6.67. The summed E-state index contributed by atoms with van der Waals surface area (Å²) in [6.07, 6.45) is 1.65. The molecule has 0 spiro atoms. The number of oxazole rings is 1. The van der Waals surface area contributed by atoms with Gasteiger partial charge in [-0.1, -0.05) is 47.9 Å². The fourth-order valence-corrected chi connectivity index (χ4v) is 1.86. The van der Waals surface area contributed by atoms with Gasteiger partial charge in [0, 0.05) is 5.56 Å². The van der Waals surface area contributed by atoms with Gasteiger partial charge in [-0.15, -0.1) is 0 Å². The maximum absolute atomic E-state index is 5.99. The lowest BCUT2D eigenvalue weighted by Gasteiger charge is -2.13. The number of hydrazine groups is 1. The zero-order chi connectivity index (χ0) is 13.9. The molecule has 0 saturated heterocycles. The number of aromatic nitrogens is 1. The van der Waals surface area contributed by atoms with E-state index in [0.717, 1.165) is 11.3 Å². The second kappa shape index (κ2) is 5.23. The Balaban J connectivity index is 1.88. The largest absolute Gasteiger partial charge is 0.422 e. The normalized spacial score (nSPS) is 10.4. The van der Waals surface area contributed by atoms with Crippen LogP contribution in [0.15, 0.2) is 65.2 Å². The van der Waals surface area contributed by atoms with Gasteiger partial charge in [0.15, 0.2) is 5.76 Å². The van der Waals surface area contributed by atoms with Crippen molar-refractivity contribution in [1.29, 1.82) is 0 Å². The van der Waals surface area contributed by atoms with Gasteiger partial charge in [-0.3, -0.25) is 0 Å². The average Bonchev–Trinajstić information content (AvgIpc) is 2.98. The number of hydrogen-bond donors (Lipinski definition) is 1. The molecule has 4 nitrogen and oxygen atoms in total. The first kappa shape index (κ1) is 12.5. The third-order valence-corrected chi connectivity index (χ3v) is 2.93. The van der Waals surface area contributed by atoms with E-state index in [1.54, 1.807) is 18.3 Å². The number of nitrogens with zero attached hydrogens (tertiary/aromatic N) is 2. The third-order valence-electron chi connectivity index (χ3n) is 2.93. The van der Waals surface area contributed by atoms with E-state index < -0.39 is 0 Å². The highest BCUT2D eigenvalue weighted by atomic mass is 16.4. The molecule has 3 aromatic rings. The number of benzene rings is 2. The van der Waals surface area contributed by atoms with Crippen molar-refractivity contribution in [3.63, 3.8) is 0 Å². The molecule has 96 valence electrons. The van der Waals surface area contributed by atoms with Crippen molar-refractivity contribution >= 4 is 25.0 Å². The van der Waals surface area contributed by atoms with Gasteiger partial charge in [-0.05, 0) is 12.1 Å². The average molecular weight is 261 g/mol.